The standard InChI is InChI=1S/C13H23N3O/c1-5-16-13(12(17-4)8-15-16)10-6-7-11(14-3)9(10)2/h8-11,14H,5-7H2,1-4H3. The van der Waals surface area contributed by atoms with Gasteiger partial charge < -0.3 is 10.1 Å². The van der Waals surface area contributed by atoms with Gasteiger partial charge in [0.25, 0.3) is 0 Å². The van der Waals surface area contributed by atoms with E-state index in [9.17, 15) is 0 Å². The molecule has 0 amide bonds. The lowest BCUT2D eigenvalue weighted by Crippen LogP contribution is -2.29. The quantitative estimate of drug-likeness (QED) is 0.870. The molecular weight excluding hydrogens is 214 g/mol. The molecule has 0 aliphatic heterocycles. The first kappa shape index (κ1) is 12.4. The molecule has 0 radical (unpaired) electrons. The van der Waals surface area contributed by atoms with Crippen molar-refractivity contribution in [1.29, 1.82) is 0 Å². The van der Waals surface area contributed by atoms with Gasteiger partial charge in [-0.1, -0.05) is 6.92 Å². The van der Waals surface area contributed by atoms with E-state index in [0.717, 1.165) is 12.3 Å². The van der Waals surface area contributed by atoms with Crippen molar-refractivity contribution in [3.05, 3.63) is 11.9 Å². The van der Waals surface area contributed by atoms with Crippen molar-refractivity contribution in [2.75, 3.05) is 14.2 Å². The summed E-state index contributed by atoms with van der Waals surface area (Å²) in [7, 11) is 3.79. The number of methoxy groups -OCH3 is 1. The Hall–Kier alpha value is -1.03. The van der Waals surface area contributed by atoms with Crippen molar-refractivity contribution >= 4 is 0 Å². The molecule has 1 aromatic heterocycles. The Kier molecular flexibility index (Phi) is 3.72. The summed E-state index contributed by atoms with van der Waals surface area (Å²) in [5, 5.41) is 7.82. The minimum absolute atomic E-state index is 0.560. The molecule has 3 unspecified atom stereocenters. The van der Waals surface area contributed by atoms with Crippen LogP contribution in [-0.4, -0.2) is 30.0 Å². The summed E-state index contributed by atoms with van der Waals surface area (Å²) in [5.41, 5.74) is 1.28. The van der Waals surface area contributed by atoms with Crippen LogP contribution < -0.4 is 10.1 Å². The van der Waals surface area contributed by atoms with Crippen molar-refractivity contribution in [3.8, 4) is 5.75 Å². The van der Waals surface area contributed by atoms with Crippen molar-refractivity contribution in [2.24, 2.45) is 5.92 Å². The van der Waals surface area contributed by atoms with Crippen LogP contribution in [0.15, 0.2) is 6.20 Å². The molecule has 3 atom stereocenters. The zero-order chi connectivity index (χ0) is 12.4. The predicted molar refractivity (Wildman–Crippen MR) is 68.4 cm³/mol. The number of rotatable bonds is 4. The van der Waals surface area contributed by atoms with Crippen LogP contribution in [0.4, 0.5) is 0 Å². The highest BCUT2D eigenvalue weighted by Gasteiger charge is 2.36. The molecule has 17 heavy (non-hydrogen) atoms. The molecule has 1 aromatic rings. The van der Waals surface area contributed by atoms with E-state index >= 15 is 0 Å². The van der Waals surface area contributed by atoms with E-state index in [1.165, 1.54) is 18.5 Å². The largest absolute Gasteiger partial charge is 0.493 e. The highest BCUT2D eigenvalue weighted by molar-refractivity contribution is 5.30. The lowest BCUT2D eigenvalue weighted by atomic mass is 9.92. The molecule has 4 heteroatoms. The molecule has 2 rings (SSSR count). The summed E-state index contributed by atoms with van der Waals surface area (Å²) in [6, 6.07) is 0.616. The normalized spacial score (nSPS) is 28.6. The second-order valence-electron chi connectivity index (χ2n) is 4.85. The van der Waals surface area contributed by atoms with Crippen LogP contribution in [0.3, 0.4) is 0 Å². The topological polar surface area (TPSA) is 39.1 Å². The number of aryl methyl sites for hydroxylation is 1. The monoisotopic (exact) mass is 237 g/mol. The van der Waals surface area contributed by atoms with Crippen LogP contribution in [-0.2, 0) is 6.54 Å². The van der Waals surface area contributed by atoms with Gasteiger partial charge in [-0.3, -0.25) is 4.68 Å². The Labute approximate surface area is 103 Å². The average Bonchev–Trinajstić information content (AvgIpc) is 2.91. The third-order valence-corrected chi connectivity index (χ3v) is 4.14. The molecule has 96 valence electrons. The minimum atomic E-state index is 0.560. The SMILES string of the molecule is CCn1ncc(OC)c1C1CCC(NC)C1C. The van der Waals surface area contributed by atoms with E-state index in [4.69, 9.17) is 4.74 Å². The van der Waals surface area contributed by atoms with Gasteiger partial charge in [0.2, 0.25) is 0 Å². The van der Waals surface area contributed by atoms with Gasteiger partial charge in [0.15, 0.2) is 5.75 Å². The van der Waals surface area contributed by atoms with Gasteiger partial charge >= 0.3 is 0 Å². The Bertz CT molecular complexity index is 353. The number of hydrogen-bond acceptors (Lipinski definition) is 3. The third kappa shape index (κ3) is 2.06. The van der Waals surface area contributed by atoms with Crippen molar-refractivity contribution in [2.45, 2.75) is 45.2 Å². The van der Waals surface area contributed by atoms with Gasteiger partial charge in [-0.2, -0.15) is 5.10 Å². The van der Waals surface area contributed by atoms with Gasteiger partial charge in [0.1, 0.15) is 0 Å². The van der Waals surface area contributed by atoms with E-state index in [0.29, 0.717) is 17.9 Å². The molecule has 0 aromatic carbocycles. The zero-order valence-corrected chi connectivity index (χ0v) is 11.2. The number of aromatic nitrogens is 2. The van der Waals surface area contributed by atoms with Crippen molar-refractivity contribution < 1.29 is 4.74 Å². The summed E-state index contributed by atoms with van der Waals surface area (Å²) in [5.74, 6) is 2.14. The fourth-order valence-corrected chi connectivity index (χ4v) is 3.12. The molecule has 4 nitrogen and oxygen atoms in total. The number of ether oxygens (including phenoxy) is 1. The Morgan fingerprint density at radius 1 is 1.53 bits per heavy atom. The molecular formula is C13H23N3O. The minimum Gasteiger partial charge on any atom is -0.493 e. The van der Waals surface area contributed by atoms with Crippen LogP contribution in [0.1, 0.15) is 38.3 Å². The average molecular weight is 237 g/mol. The number of nitrogens with zero attached hydrogens (tertiary/aromatic N) is 2. The molecule has 1 N–H and O–H groups in total. The predicted octanol–water partition coefficient (Wildman–Crippen LogP) is 2.01. The summed E-state index contributed by atoms with van der Waals surface area (Å²) >= 11 is 0. The molecule has 1 heterocycles. The van der Waals surface area contributed by atoms with Crippen molar-refractivity contribution in [1.82, 2.24) is 15.1 Å². The van der Waals surface area contributed by atoms with Gasteiger partial charge in [0.05, 0.1) is 19.0 Å². The van der Waals surface area contributed by atoms with E-state index in [2.05, 4.69) is 36.0 Å². The molecule has 0 bridgehead atoms. The molecule has 0 spiro atoms. The van der Waals surface area contributed by atoms with Gasteiger partial charge in [0, 0.05) is 18.5 Å². The highest BCUT2D eigenvalue weighted by Crippen LogP contribution is 2.42. The first-order valence-corrected chi connectivity index (χ1v) is 6.49. The van der Waals surface area contributed by atoms with E-state index in [-0.39, 0.29) is 0 Å². The van der Waals surface area contributed by atoms with Gasteiger partial charge in [-0.25, -0.2) is 0 Å². The van der Waals surface area contributed by atoms with E-state index < -0.39 is 0 Å². The van der Waals surface area contributed by atoms with Crippen molar-refractivity contribution in [3.63, 3.8) is 0 Å². The fraction of sp³-hybridized carbons (Fsp3) is 0.769. The van der Waals surface area contributed by atoms with E-state index in [1.54, 1.807) is 7.11 Å². The maximum Gasteiger partial charge on any atom is 0.160 e. The first-order chi connectivity index (χ1) is 8.22. The smallest absolute Gasteiger partial charge is 0.160 e. The van der Waals surface area contributed by atoms with Crippen LogP contribution in [0.2, 0.25) is 0 Å². The Morgan fingerprint density at radius 3 is 2.82 bits per heavy atom. The van der Waals surface area contributed by atoms with E-state index in [1.807, 2.05) is 6.20 Å². The summed E-state index contributed by atoms with van der Waals surface area (Å²) in [6.07, 6.45) is 4.30. The second kappa shape index (κ2) is 5.08. The highest BCUT2D eigenvalue weighted by atomic mass is 16.5. The molecule has 1 aliphatic carbocycles. The summed E-state index contributed by atoms with van der Waals surface area (Å²) < 4.78 is 7.54. The van der Waals surface area contributed by atoms with Gasteiger partial charge in [-0.15, -0.1) is 0 Å². The lowest BCUT2D eigenvalue weighted by Gasteiger charge is -2.21. The number of hydrogen-bond donors (Lipinski definition) is 1. The summed E-state index contributed by atoms with van der Waals surface area (Å²) in [4.78, 5) is 0. The van der Waals surface area contributed by atoms with Crippen LogP contribution in [0, 0.1) is 5.92 Å². The molecule has 1 saturated carbocycles. The summed E-state index contributed by atoms with van der Waals surface area (Å²) in [6.45, 7) is 5.36. The first-order valence-electron chi connectivity index (χ1n) is 6.49. The third-order valence-electron chi connectivity index (χ3n) is 4.14. The van der Waals surface area contributed by atoms with Gasteiger partial charge in [-0.05, 0) is 32.7 Å². The fourth-order valence-electron chi connectivity index (χ4n) is 3.12. The van der Waals surface area contributed by atoms with Crippen LogP contribution in [0.5, 0.6) is 5.75 Å². The number of nitrogens with one attached hydrogen (secondary N) is 1. The molecule has 0 saturated heterocycles. The van der Waals surface area contributed by atoms with Crippen LogP contribution in [0.25, 0.3) is 0 Å². The Balaban J connectivity index is 2.30. The Morgan fingerprint density at radius 2 is 2.29 bits per heavy atom. The molecule has 1 fully saturated rings. The maximum atomic E-state index is 5.45. The zero-order valence-electron chi connectivity index (χ0n) is 11.2. The maximum absolute atomic E-state index is 5.45. The van der Waals surface area contributed by atoms with Crippen LogP contribution >= 0.6 is 0 Å². The second-order valence-corrected chi connectivity index (χ2v) is 4.85. The lowest BCUT2D eigenvalue weighted by molar-refractivity contribution is 0.377. The molecule has 1 aliphatic rings.